The number of hydrogen-bond acceptors (Lipinski definition) is 6. The van der Waals surface area contributed by atoms with Crippen LogP contribution in [0.2, 0.25) is 0 Å². The van der Waals surface area contributed by atoms with E-state index in [1.54, 1.807) is 12.3 Å². The predicted molar refractivity (Wildman–Crippen MR) is 99.1 cm³/mol. The summed E-state index contributed by atoms with van der Waals surface area (Å²) in [6, 6.07) is 9.82. The predicted octanol–water partition coefficient (Wildman–Crippen LogP) is 1.83. The van der Waals surface area contributed by atoms with Gasteiger partial charge in [0, 0.05) is 50.2 Å². The normalized spacial score (nSPS) is 15.5. The molecule has 3 rings (SSSR count). The molecular weight excluding hydrogens is 314 g/mol. The second kappa shape index (κ2) is 8.47. The van der Waals surface area contributed by atoms with Gasteiger partial charge in [0.15, 0.2) is 0 Å². The lowest BCUT2D eigenvalue weighted by molar-refractivity contribution is 0.131. The lowest BCUT2D eigenvalue weighted by atomic mass is 10.2. The molecule has 1 saturated heterocycles. The van der Waals surface area contributed by atoms with Gasteiger partial charge in [-0.3, -0.25) is 4.90 Å². The Hall–Kier alpha value is -2.62. The summed E-state index contributed by atoms with van der Waals surface area (Å²) < 4.78 is 5.71. The highest BCUT2D eigenvalue weighted by atomic mass is 16.5. The van der Waals surface area contributed by atoms with Crippen LogP contribution < -0.4 is 10.1 Å². The quantitative estimate of drug-likeness (QED) is 0.812. The molecule has 0 saturated carbocycles. The highest BCUT2D eigenvalue weighted by Gasteiger charge is 2.13. The van der Waals surface area contributed by atoms with Crippen molar-refractivity contribution in [2.75, 3.05) is 51.7 Å². The van der Waals surface area contributed by atoms with Gasteiger partial charge in [0.05, 0.1) is 0 Å². The largest absolute Gasteiger partial charge is 0.462 e. The maximum absolute atomic E-state index is 5.71. The minimum Gasteiger partial charge on any atom is -0.462 e. The number of rotatable bonds is 6. The molecule has 0 radical (unpaired) electrons. The summed E-state index contributed by atoms with van der Waals surface area (Å²) in [5.74, 6) is 3.30. The smallest absolute Gasteiger partial charge is 0.318 e. The van der Waals surface area contributed by atoms with Gasteiger partial charge in [-0.15, -0.1) is 6.42 Å². The topological polar surface area (TPSA) is 53.5 Å². The van der Waals surface area contributed by atoms with Gasteiger partial charge in [0.1, 0.15) is 12.4 Å². The van der Waals surface area contributed by atoms with E-state index in [0.29, 0.717) is 18.4 Å². The average molecular weight is 337 g/mol. The summed E-state index contributed by atoms with van der Waals surface area (Å²) in [5.41, 5.74) is 1.71. The van der Waals surface area contributed by atoms with Crippen LogP contribution in [-0.4, -0.2) is 66.1 Å². The van der Waals surface area contributed by atoms with Crippen molar-refractivity contribution in [3.63, 3.8) is 0 Å². The van der Waals surface area contributed by atoms with Crippen molar-refractivity contribution < 1.29 is 4.74 Å². The summed E-state index contributed by atoms with van der Waals surface area (Å²) in [7, 11) is 2.15. The first-order valence-electron chi connectivity index (χ1n) is 8.43. The molecule has 0 unspecified atom stereocenters. The van der Waals surface area contributed by atoms with E-state index in [1.165, 1.54) is 0 Å². The average Bonchev–Trinajstić information content (AvgIpc) is 2.64. The first kappa shape index (κ1) is 17.2. The molecule has 0 amide bonds. The van der Waals surface area contributed by atoms with E-state index in [4.69, 9.17) is 11.2 Å². The number of hydrogen-bond donors (Lipinski definition) is 1. The number of likely N-dealkylation sites (N-methyl/N-ethyl adjacent to an activating group) is 1. The molecule has 0 bridgehead atoms. The number of nitrogens with one attached hydrogen (secondary N) is 1. The molecule has 1 N–H and O–H groups in total. The third-order valence-electron chi connectivity index (χ3n) is 4.17. The van der Waals surface area contributed by atoms with Gasteiger partial charge in [-0.1, -0.05) is 12.0 Å². The van der Waals surface area contributed by atoms with Crippen molar-refractivity contribution >= 4 is 11.5 Å². The van der Waals surface area contributed by atoms with E-state index < -0.39 is 0 Å². The molecule has 0 aliphatic carbocycles. The molecule has 25 heavy (non-hydrogen) atoms. The van der Waals surface area contributed by atoms with E-state index in [-0.39, 0.29) is 0 Å². The summed E-state index contributed by atoms with van der Waals surface area (Å²) in [6.07, 6.45) is 7.12. The van der Waals surface area contributed by atoms with Crippen LogP contribution >= 0.6 is 0 Å². The van der Waals surface area contributed by atoms with E-state index in [9.17, 15) is 0 Å². The zero-order valence-corrected chi connectivity index (χ0v) is 14.5. The third-order valence-corrected chi connectivity index (χ3v) is 4.17. The minimum absolute atomic E-state index is 0.382. The second-order valence-corrected chi connectivity index (χ2v) is 6.07. The molecule has 1 fully saturated rings. The number of terminal acetylenes is 1. The van der Waals surface area contributed by atoms with Gasteiger partial charge in [0.2, 0.25) is 0 Å². The Morgan fingerprint density at radius 1 is 1.24 bits per heavy atom. The van der Waals surface area contributed by atoms with Crippen LogP contribution in [0, 0.1) is 12.3 Å². The Bertz CT molecular complexity index is 735. The van der Waals surface area contributed by atoms with Gasteiger partial charge in [-0.25, -0.2) is 4.98 Å². The number of nitrogens with zero attached hydrogens (tertiary/aromatic N) is 4. The summed E-state index contributed by atoms with van der Waals surface area (Å²) in [4.78, 5) is 13.3. The number of piperazine rings is 1. The van der Waals surface area contributed by atoms with Crippen molar-refractivity contribution in [3.05, 3.63) is 42.1 Å². The first-order valence-corrected chi connectivity index (χ1v) is 8.43. The lowest BCUT2D eigenvalue weighted by Gasteiger charge is -2.31. The fourth-order valence-corrected chi connectivity index (χ4v) is 2.65. The van der Waals surface area contributed by atoms with Crippen molar-refractivity contribution in [3.8, 4) is 18.4 Å². The fourth-order valence-electron chi connectivity index (χ4n) is 2.65. The maximum atomic E-state index is 5.71. The molecule has 0 atom stereocenters. The van der Waals surface area contributed by atoms with Crippen molar-refractivity contribution in [1.29, 1.82) is 0 Å². The van der Waals surface area contributed by atoms with E-state index in [2.05, 4.69) is 38.1 Å². The number of aromatic nitrogens is 2. The Balaban J connectivity index is 1.52. The summed E-state index contributed by atoms with van der Waals surface area (Å²) >= 11 is 0. The van der Waals surface area contributed by atoms with Crippen LogP contribution in [0.15, 0.2) is 36.5 Å². The molecule has 0 spiro atoms. The molecule has 2 aromatic rings. The van der Waals surface area contributed by atoms with Crippen LogP contribution in [0.25, 0.3) is 0 Å². The Morgan fingerprint density at radius 3 is 2.88 bits per heavy atom. The van der Waals surface area contributed by atoms with E-state index in [1.807, 2.05) is 24.3 Å². The number of ether oxygens (including phenoxy) is 1. The summed E-state index contributed by atoms with van der Waals surface area (Å²) in [6.45, 7) is 5.83. The van der Waals surface area contributed by atoms with Crippen LogP contribution in [-0.2, 0) is 0 Å². The van der Waals surface area contributed by atoms with Gasteiger partial charge in [-0.2, -0.15) is 4.98 Å². The Kier molecular flexibility index (Phi) is 5.83. The van der Waals surface area contributed by atoms with E-state index >= 15 is 0 Å². The van der Waals surface area contributed by atoms with Gasteiger partial charge in [-0.05, 0) is 31.3 Å². The molecular formula is C19H23N5O. The monoisotopic (exact) mass is 337 g/mol. The SMILES string of the molecule is C#Cc1cccc(Nc2ccnc(OCCN3CCN(C)CC3)n2)c1. The summed E-state index contributed by atoms with van der Waals surface area (Å²) in [5, 5.41) is 3.22. The lowest BCUT2D eigenvalue weighted by Crippen LogP contribution is -2.45. The molecule has 6 heteroatoms. The van der Waals surface area contributed by atoms with Crippen molar-refractivity contribution in [1.82, 2.24) is 19.8 Å². The van der Waals surface area contributed by atoms with Crippen LogP contribution in [0.3, 0.4) is 0 Å². The Labute approximate surface area is 148 Å². The first-order chi connectivity index (χ1) is 12.2. The van der Waals surface area contributed by atoms with Gasteiger partial charge >= 0.3 is 6.01 Å². The molecule has 1 aliphatic rings. The number of anilines is 2. The van der Waals surface area contributed by atoms with Gasteiger partial charge < -0.3 is 15.0 Å². The fraction of sp³-hybridized carbons (Fsp3) is 0.368. The highest BCUT2D eigenvalue weighted by molar-refractivity contribution is 5.58. The minimum atomic E-state index is 0.382. The van der Waals surface area contributed by atoms with Crippen molar-refractivity contribution in [2.45, 2.75) is 0 Å². The molecule has 1 aromatic heterocycles. The molecule has 6 nitrogen and oxygen atoms in total. The van der Waals surface area contributed by atoms with Crippen LogP contribution in [0.5, 0.6) is 6.01 Å². The third kappa shape index (κ3) is 5.18. The van der Waals surface area contributed by atoms with E-state index in [0.717, 1.165) is 44.0 Å². The molecule has 1 aliphatic heterocycles. The Morgan fingerprint density at radius 2 is 2.08 bits per heavy atom. The van der Waals surface area contributed by atoms with Crippen molar-refractivity contribution in [2.24, 2.45) is 0 Å². The molecule has 1 aromatic carbocycles. The molecule has 130 valence electrons. The van der Waals surface area contributed by atoms with Crippen LogP contribution in [0.1, 0.15) is 5.56 Å². The molecule has 2 heterocycles. The highest BCUT2D eigenvalue weighted by Crippen LogP contribution is 2.17. The zero-order chi connectivity index (χ0) is 17.5. The number of benzene rings is 1. The zero-order valence-electron chi connectivity index (χ0n) is 14.5. The van der Waals surface area contributed by atoms with Crippen LogP contribution in [0.4, 0.5) is 11.5 Å². The standard InChI is InChI=1S/C19H23N5O/c1-3-16-5-4-6-17(15-16)21-18-7-8-20-19(22-18)25-14-13-24-11-9-23(2)10-12-24/h1,4-8,15H,9-14H2,2H3,(H,20,21,22). The van der Waals surface area contributed by atoms with Gasteiger partial charge in [0.25, 0.3) is 0 Å². The second-order valence-electron chi connectivity index (χ2n) is 6.07. The maximum Gasteiger partial charge on any atom is 0.318 e.